The van der Waals surface area contributed by atoms with Crippen molar-refractivity contribution < 1.29 is 4.39 Å². The number of rotatable bonds is 2. The number of hydrogen-bond donors (Lipinski definition) is 1. The van der Waals surface area contributed by atoms with E-state index < -0.39 is 6.17 Å². The second-order valence-electron chi connectivity index (χ2n) is 4.70. The van der Waals surface area contributed by atoms with E-state index in [-0.39, 0.29) is 5.92 Å². The monoisotopic (exact) mass is 252 g/mol. The molecule has 17 heavy (non-hydrogen) atoms. The molecule has 1 unspecified atom stereocenters. The summed E-state index contributed by atoms with van der Waals surface area (Å²) in [4.78, 5) is 4.33. The summed E-state index contributed by atoms with van der Waals surface area (Å²) in [5.74, 6) is 0.270. The van der Waals surface area contributed by atoms with Crippen molar-refractivity contribution in [2.45, 2.75) is 39.8 Å². The van der Waals surface area contributed by atoms with E-state index in [1.54, 1.807) is 6.92 Å². The third kappa shape index (κ3) is 2.02. The van der Waals surface area contributed by atoms with Gasteiger partial charge >= 0.3 is 0 Å². The number of benzene rings is 1. The van der Waals surface area contributed by atoms with E-state index in [9.17, 15) is 4.39 Å². The van der Waals surface area contributed by atoms with E-state index >= 15 is 0 Å². The highest BCUT2D eigenvalue weighted by atomic mass is 32.1. The average Bonchev–Trinajstić information content (AvgIpc) is 2.58. The van der Waals surface area contributed by atoms with Crippen molar-refractivity contribution in [2.75, 3.05) is 5.73 Å². The standard InChI is InChI=1S/C13H17FN2S/c1-6(2)10-9(8(4)14)5-7(3)11-12(10)17-13(15)16-11/h5-6,8H,1-4H3,(H2,15,16). The van der Waals surface area contributed by atoms with Gasteiger partial charge in [0.15, 0.2) is 5.13 Å². The molecule has 1 aromatic heterocycles. The summed E-state index contributed by atoms with van der Waals surface area (Å²) in [5, 5.41) is 0.550. The lowest BCUT2D eigenvalue weighted by molar-refractivity contribution is 0.371. The minimum Gasteiger partial charge on any atom is -0.375 e. The minimum absolute atomic E-state index is 0.270. The first-order valence-electron chi connectivity index (χ1n) is 5.75. The average molecular weight is 252 g/mol. The first-order valence-corrected chi connectivity index (χ1v) is 6.57. The van der Waals surface area contributed by atoms with Gasteiger partial charge in [0.2, 0.25) is 0 Å². The van der Waals surface area contributed by atoms with Crippen LogP contribution in [-0.2, 0) is 0 Å². The van der Waals surface area contributed by atoms with Gasteiger partial charge in [0.1, 0.15) is 6.17 Å². The summed E-state index contributed by atoms with van der Waals surface area (Å²) in [7, 11) is 0. The molecule has 0 saturated heterocycles. The SMILES string of the molecule is Cc1cc(C(C)F)c(C(C)C)c2sc(N)nc12. The summed E-state index contributed by atoms with van der Waals surface area (Å²) >= 11 is 1.45. The highest BCUT2D eigenvalue weighted by Gasteiger charge is 2.19. The lowest BCUT2D eigenvalue weighted by atomic mass is 9.92. The highest BCUT2D eigenvalue weighted by molar-refractivity contribution is 7.22. The van der Waals surface area contributed by atoms with Gasteiger partial charge in [-0.3, -0.25) is 0 Å². The molecule has 2 rings (SSSR count). The second-order valence-corrected chi connectivity index (χ2v) is 5.73. The van der Waals surface area contributed by atoms with Crippen LogP contribution < -0.4 is 5.73 Å². The van der Waals surface area contributed by atoms with Gasteiger partial charge in [0.25, 0.3) is 0 Å². The quantitative estimate of drug-likeness (QED) is 0.863. The molecule has 0 aliphatic carbocycles. The minimum atomic E-state index is -0.959. The van der Waals surface area contributed by atoms with Gasteiger partial charge in [-0.05, 0) is 36.5 Å². The van der Waals surface area contributed by atoms with Crippen molar-refractivity contribution in [3.8, 4) is 0 Å². The van der Waals surface area contributed by atoms with E-state index in [1.807, 2.05) is 13.0 Å². The number of thiazole rings is 1. The number of halogens is 1. The molecule has 1 atom stereocenters. The molecule has 92 valence electrons. The molecule has 0 fully saturated rings. The first-order chi connectivity index (χ1) is 7.91. The van der Waals surface area contributed by atoms with Crippen LogP contribution in [0.15, 0.2) is 6.07 Å². The molecule has 0 saturated carbocycles. The van der Waals surface area contributed by atoms with E-state index in [2.05, 4.69) is 18.8 Å². The van der Waals surface area contributed by atoms with Gasteiger partial charge in [0.05, 0.1) is 10.2 Å². The molecule has 0 radical (unpaired) electrons. The van der Waals surface area contributed by atoms with Crippen LogP contribution in [0.2, 0.25) is 0 Å². The van der Waals surface area contributed by atoms with Gasteiger partial charge < -0.3 is 5.73 Å². The van der Waals surface area contributed by atoms with Crippen molar-refractivity contribution in [1.29, 1.82) is 0 Å². The molecule has 0 bridgehead atoms. The highest BCUT2D eigenvalue weighted by Crippen LogP contribution is 2.39. The molecule has 0 aliphatic heterocycles. The Labute approximate surface area is 105 Å². The lowest BCUT2D eigenvalue weighted by Crippen LogP contribution is -1.99. The summed E-state index contributed by atoms with van der Waals surface area (Å²) in [6.07, 6.45) is -0.959. The van der Waals surface area contributed by atoms with Crippen LogP contribution in [0.4, 0.5) is 9.52 Å². The summed E-state index contributed by atoms with van der Waals surface area (Å²) in [6.45, 7) is 7.69. The van der Waals surface area contributed by atoms with E-state index in [4.69, 9.17) is 5.73 Å². The molecule has 2 N–H and O–H groups in total. The molecule has 0 aliphatic rings. The predicted octanol–water partition coefficient (Wildman–Crippen LogP) is 4.34. The van der Waals surface area contributed by atoms with E-state index in [1.165, 1.54) is 11.3 Å². The number of nitrogens with two attached hydrogens (primary N) is 1. The van der Waals surface area contributed by atoms with Gasteiger partial charge in [-0.15, -0.1) is 0 Å². The number of alkyl halides is 1. The number of hydrogen-bond acceptors (Lipinski definition) is 3. The zero-order valence-electron chi connectivity index (χ0n) is 10.5. The Bertz CT molecular complexity index is 558. The smallest absolute Gasteiger partial charge is 0.181 e. The van der Waals surface area contributed by atoms with Gasteiger partial charge in [-0.2, -0.15) is 0 Å². The zero-order valence-corrected chi connectivity index (χ0v) is 11.4. The number of aryl methyl sites for hydroxylation is 1. The first kappa shape index (κ1) is 12.3. The Morgan fingerprint density at radius 1 is 1.35 bits per heavy atom. The fourth-order valence-corrected chi connectivity index (χ4v) is 3.33. The third-order valence-corrected chi connectivity index (χ3v) is 3.87. The Morgan fingerprint density at radius 3 is 2.53 bits per heavy atom. The fourth-order valence-electron chi connectivity index (χ4n) is 2.22. The van der Waals surface area contributed by atoms with E-state index in [0.29, 0.717) is 5.13 Å². The van der Waals surface area contributed by atoms with Gasteiger partial charge in [-0.25, -0.2) is 9.37 Å². The number of fused-ring (bicyclic) bond motifs is 1. The third-order valence-electron chi connectivity index (χ3n) is 2.95. The number of anilines is 1. The largest absolute Gasteiger partial charge is 0.375 e. The van der Waals surface area contributed by atoms with Crippen LogP contribution in [0.5, 0.6) is 0 Å². The van der Waals surface area contributed by atoms with Crippen molar-refractivity contribution in [3.63, 3.8) is 0 Å². The van der Waals surface area contributed by atoms with Crippen LogP contribution in [0.25, 0.3) is 10.2 Å². The summed E-state index contributed by atoms with van der Waals surface area (Å²) in [5.41, 5.74) is 9.51. The summed E-state index contributed by atoms with van der Waals surface area (Å²) in [6, 6.07) is 1.90. The molecule has 1 aromatic carbocycles. The number of aromatic nitrogens is 1. The molecule has 2 aromatic rings. The Hall–Kier alpha value is -1.16. The molecule has 0 spiro atoms. The maximum absolute atomic E-state index is 13.7. The van der Waals surface area contributed by atoms with Crippen molar-refractivity contribution in [2.24, 2.45) is 0 Å². The zero-order chi connectivity index (χ0) is 12.7. The van der Waals surface area contributed by atoms with Crippen LogP contribution in [-0.4, -0.2) is 4.98 Å². The second kappa shape index (κ2) is 4.26. The van der Waals surface area contributed by atoms with Crippen molar-refractivity contribution >= 4 is 26.7 Å². The fraction of sp³-hybridized carbons (Fsp3) is 0.462. The topological polar surface area (TPSA) is 38.9 Å². The van der Waals surface area contributed by atoms with Crippen molar-refractivity contribution in [3.05, 3.63) is 22.8 Å². The van der Waals surface area contributed by atoms with Crippen LogP contribution in [0.1, 0.15) is 49.6 Å². The van der Waals surface area contributed by atoms with Crippen LogP contribution in [0, 0.1) is 6.92 Å². The molecule has 0 amide bonds. The normalized spacial score (nSPS) is 13.5. The molecule has 4 heteroatoms. The molecular weight excluding hydrogens is 235 g/mol. The lowest BCUT2D eigenvalue weighted by Gasteiger charge is -2.16. The Kier molecular flexibility index (Phi) is 3.08. The number of nitrogen functional groups attached to an aromatic ring is 1. The predicted molar refractivity (Wildman–Crippen MR) is 72.4 cm³/mol. The molecular formula is C13H17FN2S. The summed E-state index contributed by atoms with van der Waals surface area (Å²) < 4.78 is 14.8. The number of nitrogens with zero attached hydrogens (tertiary/aromatic N) is 1. The maximum Gasteiger partial charge on any atom is 0.181 e. The Morgan fingerprint density at radius 2 is 2.00 bits per heavy atom. The van der Waals surface area contributed by atoms with E-state index in [0.717, 1.165) is 26.9 Å². The Balaban J connectivity index is 2.87. The van der Waals surface area contributed by atoms with Crippen LogP contribution in [0.3, 0.4) is 0 Å². The van der Waals surface area contributed by atoms with Gasteiger partial charge in [-0.1, -0.05) is 31.3 Å². The van der Waals surface area contributed by atoms with Crippen LogP contribution >= 0.6 is 11.3 Å². The molecule has 1 heterocycles. The molecule has 2 nitrogen and oxygen atoms in total. The van der Waals surface area contributed by atoms with Crippen molar-refractivity contribution in [1.82, 2.24) is 4.98 Å². The van der Waals surface area contributed by atoms with Gasteiger partial charge in [0, 0.05) is 0 Å². The maximum atomic E-state index is 13.7.